The average molecular weight is 417 g/mol. The maximum absolute atomic E-state index is 13.1. The van der Waals surface area contributed by atoms with Gasteiger partial charge >= 0.3 is 12.0 Å². The van der Waals surface area contributed by atoms with Gasteiger partial charge in [-0.2, -0.15) is 0 Å². The molecule has 1 heterocycles. The van der Waals surface area contributed by atoms with E-state index >= 15 is 0 Å². The van der Waals surface area contributed by atoms with Crippen LogP contribution < -0.4 is 15.4 Å². The van der Waals surface area contributed by atoms with E-state index in [-0.39, 0.29) is 10.5 Å². The topological polar surface area (TPSA) is 136 Å². The Bertz CT molecular complexity index is 1080. The molecule has 152 valence electrons. The van der Waals surface area contributed by atoms with Crippen LogP contribution in [0.5, 0.6) is 0 Å². The fraction of sp³-hybridized carbons (Fsp3) is 0.211. The number of hydrogen-bond acceptors (Lipinski definition) is 6. The van der Waals surface area contributed by atoms with Gasteiger partial charge in [0, 0.05) is 6.54 Å². The van der Waals surface area contributed by atoms with Crippen LogP contribution in [0.3, 0.4) is 0 Å². The number of sulfonamides is 1. The zero-order valence-corrected chi connectivity index (χ0v) is 16.3. The third kappa shape index (κ3) is 4.21. The van der Waals surface area contributed by atoms with Crippen molar-refractivity contribution in [2.45, 2.75) is 24.3 Å². The fourth-order valence-corrected chi connectivity index (χ4v) is 4.52. The third-order valence-corrected chi connectivity index (χ3v) is 6.21. The minimum absolute atomic E-state index is 0.0442. The number of hydrogen-bond donors (Lipinski definition) is 2. The van der Waals surface area contributed by atoms with Crippen LogP contribution in [0.15, 0.2) is 53.4 Å². The number of ether oxygens (including phenoxy) is 1. The molecule has 9 nitrogen and oxygen atoms in total. The molecule has 1 atom stereocenters. The van der Waals surface area contributed by atoms with Crippen LogP contribution in [-0.2, 0) is 26.0 Å². The third-order valence-electron chi connectivity index (χ3n) is 4.40. The van der Waals surface area contributed by atoms with Crippen LogP contribution in [0, 0.1) is 0 Å². The molecule has 0 radical (unpaired) electrons. The maximum atomic E-state index is 13.1. The van der Waals surface area contributed by atoms with Gasteiger partial charge in [0.2, 0.25) is 0 Å². The van der Waals surface area contributed by atoms with E-state index in [2.05, 4.69) is 0 Å². The average Bonchev–Trinajstić information content (AvgIpc) is 3.12. The van der Waals surface area contributed by atoms with Crippen LogP contribution >= 0.6 is 0 Å². The summed E-state index contributed by atoms with van der Waals surface area (Å²) in [5.74, 6) is -1.79. The summed E-state index contributed by atoms with van der Waals surface area (Å²) in [5.41, 5.74) is 6.35. The van der Waals surface area contributed by atoms with Gasteiger partial charge in [-0.25, -0.2) is 18.0 Å². The molecule has 0 aromatic heterocycles. The number of para-hydroxylation sites is 1. The standard InChI is InChI=1S/C19H19N3O6S/c1-12(17(23)21-19(20)25)28-18(24)14-6-4-7-15(11-14)29(26,27)22-10-9-13-5-2-3-8-16(13)22/h2-8,11-12H,9-10H2,1H3,(H3,20,21,23,25)/t12-/m1/s1. The second kappa shape index (κ2) is 7.92. The monoisotopic (exact) mass is 417 g/mol. The van der Waals surface area contributed by atoms with Crippen LogP contribution in [0.1, 0.15) is 22.8 Å². The number of anilines is 1. The van der Waals surface area contributed by atoms with E-state index in [1.165, 1.54) is 35.5 Å². The van der Waals surface area contributed by atoms with Crippen LogP contribution in [0.25, 0.3) is 0 Å². The van der Waals surface area contributed by atoms with E-state index in [1.54, 1.807) is 17.4 Å². The fourth-order valence-electron chi connectivity index (χ4n) is 2.97. The van der Waals surface area contributed by atoms with Gasteiger partial charge in [-0.3, -0.25) is 14.4 Å². The van der Waals surface area contributed by atoms with Crippen molar-refractivity contribution in [1.29, 1.82) is 0 Å². The molecule has 29 heavy (non-hydrogen) atoms. The lowest BCUT2D eigenvalue weighted by molar-refractivity contribution is -0.127. The highest BCUT2D eigenvalue weighted by atomic mass is 32.2. The van der Waals surface area contributed by atoms with Crippen molar-refractivity contribution in [3.8, 4) is 0 Å². The molecule has 10 heteroatoms. The number of esters is 1. The Labute approximate surface area is 167 Å². The predicted octanol–water partition coefficient (Wildman–Crippen LogP) is 1.18. The number of nitrogens with one attached hydrogen (secondary N) is 1. The van der Waals surface area contributed by atoms with E-state index in [9.17, 15) is 22.8 Å². The lowest BCUT2D eigenvalue weighted by Gasteiger charge is -2.20. The molecule has 0 spiro atoms. The Hall–Kier alpha value is -3.40. The molecular weight excluding hydrogens is 398 g/mol. The Morgan fingerprint density at radius 3 is 2.59 bits per heavy atom. The Morgan fingerprint density at radius 2 is 1.86 bits per heavy atom. The van der Waals surface area contributed by atoms with Crippen LogP contribution in [0.4, 0.5) is 10.5 Å². The molecule has 0 unspecified atom stereocenters. The summed E-state index contributed by atoms with van der Waals surface area (Å²) in [6.07, 6.45) is -0.690. The molecule has 2 aromatic rings. The van der Waals surface area contributed by atoms with Crippen LogP contribution in [0.2, 0.25) is 0 Å². The number of nitrogens with two attached hydrogens (primary N) is 1. The highest BCUT2D eigenvalue weighted by Crippen LogP contribution is 2.32. The molecule has 3 amide bonds. The van der Waals surface area contributed by atoms with Gasteiger partial charge in [-0.05, 0) is 43.2 Å². The van der Waals surface area contributed by atoms with Crippen molar-refractivity contribution in [2.75, 3.05) is 10.8 Å². The van der Waals surface area contributed by atoms with Crippen LogP contribution in [-0.4, -0.2) is 39.0 Å². The van der Waals surface area contributed by atoms with E-state index in [1.807, 2.05) is 12.1 Å². The number of nitrogens with zero attached hydrogens (tertiary/aromatic N) is 1. The number of primary amides is 1. The molecule has 2 aromatic carbocycles. The summed E-state index contributed by atoms with van der Waals surface area (Å²) >= 11 is 0. The van der Waals surface area contributed by atoms with Gasteiger partial charge in [0.1, 0.15) is 0 Å². The van der Waals surface area contributed by atoms with Crippen molar-refractivity contribution < 1.29 is 27.5 Å². The number of imide groups is 1. The van der Waals surface area contributed by atoms with Crippen molar-refractivity contribution in [2.24, 2.45) is 5.73 Å². The quantitative estimate of drug-likeness (QED) is 0.701. The second-order valence-corrected chi connectivity index (χ2v) is 8.25. The highest BCUT2D eigenvalue weighted by Gasteiger charge is 2.31. The van der Waals surface area contributed by atoms with E-state index in [4.69, 9.17) is 10.5 Å². The molecule has 0 aliphatic carbocycles. The summed E-state index contributed by atoms with van der Waals surface area (Å²) < 4.78 is 32.4. The number of urea groups is 1. The first kappa shape index (κ1) is 20.3. The van der Waals surface area contributed by atoms with E-state index in [0.717, 1.165) is 5.56 Å². The number of fused-ring (bicyclic) bond motifs is 1. The first-order chi connectivity index (χ1) is 13.7. The lowest BCUT2D eigenvalue weighted by Crippen LogP contribution is -2.42. The maximum Gasteiger partial charge on any atom is 0.338 e. The summed E-state index contributed by atoms with van der Waals surface area (Å²) in [7, 11) is -3.88. The summed E-state index contributed by atoms with van der Waals surface area (Å²) in [6.45, 7) is 1.57. The molecule has 0 saturated heterocycles. The van der Waals surface area contributed by atoms with Gasteiger partial charge in [0.15, 0.2) is 6.10 Å². The molecule has 3 rings (SSSR count). The predicted molar refractivity (Wildman–Crippen MR) is 104 cm³/mol. The SMILES string of the molecule is C[C@@H](OC(=O)c1cccc(S(=O)(=O)N2CCc3ccccc32)c1)C(=O)NC(N)=O. The van der Waals surface area contributed by atoms with Gasteiger partial charge in [-0.15, -0.1) is 0 Å². The molecule has 3 N–H and O–H groups in total. The first-order valence-corrected chi connectivity index (χ1v) is 10.2. The van der Waals surface area contributed by atoms with Gasteiger partial charge in [0.05, 0.1) is 16.1 Å². The number of carbonyl (C=O) groups is 3. The van der Waals surface area contributed by atoms with Crippen molar-refractivity contribution in [3.63, 3.8) is 0 Å². The zero-order chi connectivity index (χ0) is 21.2. The molecule has 0 bridgehead atoms. The largest absolute Gasteiger partial charge is 0.449 e. The minimum atomic E-state index is -3.88. The van der Waals surface area contributed by atoms with Gasteiger partial charge in [0.25, 0.3) is 15.9 Å². The minimum Gasteiger partial charge on any atom is -0.449 e. The van der Waals surface area contributed by atoms with E-state index in [0.29, 0.717) is 18.7 Å². The van der Waals surface area contributed by atoms with Crippen molar-refractivity contribution in [3.05, 3.63) is 59.7 Å². The summed E-state index contributed by atoms with van der Waals surface area (Å²) in [5, 5.41) is 1.80. The number of rotatable bonds is 5. The van der Waals surface area contributed by atoms with Crippen molar-refractivity contribution >= 4 is 33.6 Å². The molecule has 1 aliphatic rings. The Balaban J connectivity index is 1.81. The molecule has 0 fully saturated rings. The van der Waals surface area contributed by atoms with Gasteiger partial charge < -0.3 is 10.5 Å². The Morgan fingerprint density at radius 1 is 1.14 bits per heavy atom. The number of carbonyl (C=O) groups excluding carboxylic acids is 3. The summed E-state index contributed by atoms with van der Waals surface area (Å²) in [4.78, 5) is 34.6. The molecular formula is C19H19N3O6S. The lowest BCUT2D eigenvalue weighted by atomic mass is 10.2. The van der Waals surface area contributed by atoms with E-state index < -0.39 is 34.0 Å². The number of benzene rings is 2. The Kier molecular flexibility index (Phi) is 5.55. The molecule has 1 aliphatic heterocycles. The normalized spacial score (nSPS) is 14.0. The second-order valence-electron chi connectivity index (χ2n) is 6.38. The summed E-state index contributed by atoms with van der Waals surface area (Å²) in [6, 6.07) is 11.5. The first-order valence-electron chi connectivity index (χ1n) is 8.72. The highest BCUT2D eigenvalue weighted by molar-refractivity contribution is 7.92. The number of amides is 3. The molecule has 0 saturated carbocycles. The van der Waals surface area contributed by atoms with Crippen molar-refractivity contribution in [1.82, 2.24) is 5.32 Å². The smallest absolute Gasteiger partial charge is 0.338 e. The van der Waals surface area contributed by atoms with Gasteiger partial charge in [-0.1, -0.05) is 24.3 Å². The zero-order valence-electron chi connectivity index (χ0n) is 15.5.